The summed E-state index contributed by atoms with van der Waals surface area (Å²) in [5.41, 5.74) is 3.59. The summed E-state index contributed by atoms with van der Waals surface area (Å²) >= 11 is 5.94. The van der Waals surface area contributed by atoms with E-state index in [9.17, 15) is 27.5 Å². The van der Waals surface area contributed by atoms with E-state index in [4.69, 9.17) is 22.4 Å². The molecule has 0 aliphatic carbocycles. The number of carboxylic acid groups (broad SMARTS) is 1. The van der Waals surface area contributed by atoms with Gasteiger partial charge in [-0.1, -0.05) is 54.6 Å². The van der Waals surface area contributed by atoms with E-state index in [0.29, 0.717) is 11.6 Å². The van der Waals surface area contributed by atoms with E-state index in [2.05, 4.69) is 11.9 Å². The Balaban J connectivity index is 2.81. The van der Waals surface area contributed by atoms with Gasteiger partial charge in [0.1, 0.15) is 5.82 Å². The van der Waals surface area contributed by atoms with Gasteiger partial charge in [0.25, 0.3) is 0 Å². The number of hydrogen-bond acceptors (Lipinski definition) is 4. The molecule has 10 heteroatoms. The van der Waals surface area contributed by atoms with E-state index in [1.54, 1.807) is 30.3 Å². The van der Waals surface area contributed by atoms with Crippen molar-refractivity contribution in [2.24, 2.45) is 5.73 Å². The number of nitrogens with two attached hydrogens (primary N) is 1. The zero-order valence-corrected chi connectivity index (χ0v) is 18.6. The molecule has 2 aromatic carbocycles. The van der Waals surface area contributed by atoms with Gasteiger partial charge in [-0.05, 0) is 41.5 Å². The van der Waals surface area contributed by atoms with Crippen LogP contribution in [0.5, 0.6) is 0 Å². The summed E-state index contributed by atoms with van der Waals surface area (Å²) in [7, 11) is 0. The lowest BCUT2D eigenvalue weighted by molar-refractivity contribution is -0.146. The van der Waals surface area contributed by atoms with Gasteiger partial charge in [0, 0.05) is 23.7 Å². The number of aliphatic carboxylic acids is 1. The van der Waals surface area contributed by atoms with Gasteiger partial charge in [0.2, 0.25) is 0 Å². The second-order valence-electron chi connectivity index (χ2n) is 7.41. The average Bonchev–Trinajstić information content (AvgIpc) is 2.79. The Kier molecular flexibility index (Phi) is 9.03. The molecule has 0 saturated carbocycles. The molecule has 0 bridgehead atoms. The molecule has 2 aromatic rings. The predicted octanol–water partition coefficient (Wildman–Crippen LogP) is 4.47. The number of rotatable bonds is 10. The highest BCUT2D eigenvalue weighted by Crippen LogP contribution is 2.37. The van der Waals surface area contributed by atoms with E-state index in [-0.39, 0.29) is 22.7 Å². The fourth-order valence-electron chi connectivity index (χ4n) is 3.28. The molecule has 0 heterocycles. The molecule has 0 spiro atoms. The van der Waals surface area contributed by atoms with Gasteiger partial charge in [-0.15, -0.1) is 0 Å². The number of aliphatic hydroxyl groups is 1. The highest BCUT2D eigenvalue weighted by atomic mass is 35.5. The minimum atomic E-state index is -4.86. The Morgan fingerprint density at radius 2 is 1.76 bits per heavy atom. The van der Waals surface area contributed by atoms with E-state index in [1.807, 2.05) is 0 Å². The maximum atomic E-state index is 14.4. The number of nitrogens with one attached hydrogen (secondary N) is 1. The molecule has 5 N–H and O–H groups in total. The second kappa shape index (κ2) is 11.3. The monoisotopic (exact) mass is 498 g/mol. The molecule has 182 valence electrons. The summed E-state index contributed by atoms with van der Waals surface area (Å²) in [6, 6.07) is 10.4. The Morgan fingerprint density at radius 1 is 1.15 bits per heavy atom. The van der Waals surface area contributed by atoms with E-state index >= 15 is 0 Å². The molecule has 34 heavy (non-hydrogen) atoms. The zero-order chi connectivity index (χ0) is 25.5. The third-order valence-corrected chi connectivity index (χ3v) is 5.30. The lowest BCUT2D eigenvalue weighted by atomic mass is 9.79. The normalized spacial score (nSPS) is 15.5. The summed E-state index contributed by atoms with van der Waals surface area (Å²) in [6.45, 7) is 2.89. The number of halogens is 5. The van der Waals surface area contributed by atoms with Gasteiger partial charge >= 0.3 is 12.1 Å². The largest absolute Gasteiger partial charge is 0.479 e. The van der Waals surface area contributed by atoms with Crippen molar-refractivity contribution in [3.63, 3.8) is 0 Å². The van der Waals surface area contributed by atoms with Crippen LogP contribution >= 0.6 is 11.6 Å². The first kappa shape index (κ1) is 27.1. The molecule has 2 rings (SSSR count). The molecule has 0 radical (unpaired) electrons. The van der Waals surface area contributed by atoms with Crippen molar-refractivity contribution in [1.29, 1.82) is 0 Å². The Labute approximate surface area is 198 Å². The van der Waals surface area contributed by atoms with Crippen LogP contribution in [0.15, 0.2) is 84.1 Å². The predicted molar refractivity (Wildman–Crippen MR) is 121 cm³/mol. The van der Waals surface area contributed by atoms with Crippen LogP contribution in [0.1, 0.15) is 16.7 Å². The molecule has 0 aromatic heterocycles. The summed E-state index contributed by atoms with van der Waals surface area (Å²) in [4.78, 5) is 11.2. The topological polar surface area (TPSA) is 95.6 Å². The first-order valence-electron chi connectivity index (χ1n) is 9.93. The second-order valence-corrected chi connectivity index (χ2v) is 7.84. The molecule has 0 aliphatic heterocycles. The van der Waals surface area contributed by atoms with E-state index in [1.165, 1.54) is 18.2 Å². The smallest absolute Gasteiger partial charge is 0.416 e. The van der Waals surface area contributed by atoms with Crippen LogP contribution in [0, 0.1) is 5.82 Å². The average molecular weight is 499 g/mol. The number of aliphatic hydroxyl groups excluding tert-OH is 1. The number of carboxylic acids is 1. The quantitative estimate of drug-likeness (QED) is 0.286. The molecule has 0 saturated heterocycles. The fraction of sp³-hybridized carbons (Fsp3) is 0.208. The molecule has 0 amide bonds. The van der Waals surface area contributed by atoms with E-state index < -0.39 is 41.7 Å². The van der Waals surface area contributed by atoms with Gasteiger partial charge in [0.15, 0.2) is 6.10 Å². The number of hydrogen-bond donors (Lipinski definition) is 4. The number of allylic oxidation sites excluding steroid dienone is 4. The SMILES string of the molecule is C=C/C(Cl)=C\C=C(/N)[C@@](Cc1ccccc1)(NCC(O)C(=O)O)c1cc(F)cc(C(F)(F)F)c1. The molecule has 2 atom stereocenters. The van der Waals surface area contributed by atoms with Gasteiger partial charge < -0.3 is 15.9 Å². The van der Waals surface area contributed by atoms with Gasteiger partial charge in [-0.2, -0.15) is 13.2 Å². The van der Waals surface area contributed by atoms with Gasteiger partial charge in [0.05, 0.1) is 11.1 Å². The Morgan fingerprint density at radius 3 is 2.32 bits per heavy atom. The Bertz CT molecular complexity index is 1090. The van der Waals surface area contributed by atoms with Crippen molar-refractivity contribution >= 4 is 17.6 Å². The van der Waals surface area contributed by atoms with E-state index in [0.717, 1.165) is 12.1 Å². The summed E-state index contributed by atoms with van der Waals surface area (Å²) in [5.74, 6) is -2.73. The van der Waals surface area contributed by atoms with Crippen LogP contribution in [0.2, 0.25) is 0 Å². The number of carbonyl (C=O) groups is 1. The Hall–Kier alpha value is -3.14. The summed E-state index contributed by atoms with van der Waals surface area (Å²) in [5, 5.41) is 21.9. The standard InChI is InChI=1S/C24H23ClF4N2O3/c1-2-18(25)8-9-21(30)23(31-14-20(32)22(33)34,13-15-6-4-3-5-7-15)16-10-17(24(27,28)29)12-19(26)11-16/h2-12,20,31-32H,1,13-14,30H2,(H,33,34)/b18-8+,21-9-/t20?,23-/m0/s1. The third-order valence-electron chi connectivity index (χ3n) is 5.02. The minimum Gasteiger partial charge on any atom is -0.479 e. The summed E-state index contributed by atoms with van der Waals surface area (Å²) in [6.07, 6.45) is -2.95. The number of alkyl halides is 3. The molecule has 0 aliphatic rings. The summed E-state index contributed by atoms with van der Waals surface area (Å²) < 4.78 is 54.9. The van der Waals surface area contributed by atoms with Crippen LogP contribution in [-0.4, -0.2) is 28.8 Å². The first-order valence-corrected chi connectivity index (χ1v) is 10.3. The maximum Gasteiger partial charge on any atom is 0.416 e. The lowest BCUT2D eigenvalue weighted by Crippen LogP contribution is -2.52. The van der Waals surface area contributed by atoms with Gasteiger partial charge in [-0.25, -0.2) is 9.18 Å². The van der Waals surface area contributed by atoms with Crippen molar-refractivity contribution < 1.29 is 32.6 Å². The van der Waals surface area contributed by atoms with Gasteiger partial charge in [-0.3, -0.25) is 5.32 Å². The zero-order valence-electron chi connectivity index (χ0n) is 17.8. The van der Waals surface area contributed by atoms with Crippen molar-refractivity contribution in [2.45, 2.75) is 24.2 Å². The molecule has 5 nitrogen and oxygen atoms in total. The molecule has 1 unspecified atom stereocenters. The lowest BCUT2D eigenvalue weighted by Gasteiger charge is -2.37. The fourth-order valence-corrected chi connectivity index (χ4v) is 3.34. The molecular formula is C24H23ClF4N2O3. The maximum absolute atomic E-state index is 14.4. The molecule has 0 fully saturated rings. The van der Waals surface area contributed by atoms with Crippen LogP contribution in [0.25, 0.3) is 0 Å². The highest BCUT2D eigenvalue weighted by molar-refractivity contribution is 6.31. The third kappa shape index (κ3) is 6.93. The van der Waals surface area contributed by atoms with Crippen LogP contribution in [0.3, 0.4) is 0 Å². The van der Waals surface area contributed by atoms with Crippen molar-refractivity contribution in [3.8, 4) is 0 Å². The van der Waals surface area contributed by atoms with Crippen molar-refractivity contribution in [1.82, 2.24) is 5.32 Å². The number of benzene rings is 2. The first-order chi connectivity index (χ1) is 15.9. The van der Waals surface area contributed by atoms with Crippen LogP contribution in [-0.2, 0) is 22.9 Å². The highest BCUT2D eigenvalue weighted by Gasteiger charge is 2.39. The molecular weight excluding hydrogens is 476 g/mol. The van der Waals surface area contributed by atoms with Crippen LogP contribution < -0.4 is 11.1 Å². The minimum absolute atomic E-state index is 0.104. The van der Waals surface area contributed by atoms with Crippen molar-refractivity contribution in [3.05, 3.63) is 107 Å². The van der Waals surface area contributed by atoms with Crippen molar-refractivity contribution in [2.75, 3.05) is 6.54 Å². The van der Waals surface area contributed by atoms with Crippen LogP contribution in [0.4, 0.5) is 17.6 Å².